The van der Waals surface area contributed by atoms with Gasteiger partial charge in [0, 0.05) is 12.8 Å². The van der Waals surface area contributed by atoms with Crippen molar-refractivity contribution in [3.05, 3.63) is 35.4 Å². The number of hydrogen-bond donors (Lipinski definition) is 2. The smallest absolute Gasteiger partial charge is 0.241 e. The van der Waals surface area contributed by atoms with Gasteiger partial charge < -0.3 is 10.6 Å². The Kier molecular flexibility index (Phi) is 6.23. The van der Waals surface area contributed by atoms with Crippen LogP contribution in [0.1, 0.15) is 42.9 Å². The molecule has 1 atom stereocenters. The third kappa shape index (κ3) is 4.36. The Hall–Kier alpha value is -1.44. The van der Waals surface area contributed by atoms with Crippen LogP contribution < -0.4 is 10.6 Å². The van der Waals surface area contributed by atoms with Crippen molar-refractivity contribution < 1.29 is 13.2 Å². The van der Waals surface area contributed by atoms with Crippen LogP contribution in [0, 0.1) is 6.92 Å². The van der Waals surface area contributed by atoms with Crippen LogP contribution in [0.2, 0.25) is 0 Å². The lowest BCUT2D eigenvalue weighted by Gasteiger charge is -2.35. The summed E-state index contributed by atoms with van der Waals surface area (Å²) < 4.78 is 23.6. The highest BCUT2D eigenvalue weighted by Crippen LogP contribution is 2.29. The first-order valence-corrected chi connectivity index (χ1v) is 11.7. The number of piperidine rings is 1. The van der Waals surface area contributed by atoms with Crippen LogP contribution in [0.25, 0.3) is 0 Å². The molecular weight excluding hydrogens is 362 g/mol. The quantitative estimate of drug-likeness (QED) is 0.764. The fourth-order valence-electron chi connectivity index (χ4n) is 4.25. The van der Waals surface area contributed by atoms with Gasteiger partial charge in [0.15, 0.2) is 14.6 Å². The summed E-state index contributed by atoms with van der Waals surface area (Å²) in [5.74, 6) is -0.345. The summed E-state index contributed by atoms with van der Waals surface area (Å²) in [7, 11) is -3.49. The summed E-state index contributed by atoms with van der Waals surface area (Å²) in [6, 6.07) is 8.48. The fourth-order valence-corrected chi connectivity index (χ4v) is 5.60. The molecule has 2 aliphatic heterocycles. The molecule has 0 bridgehead atoms. The monoisotopic (exact) mass is 393 g/mol. The van der Waals surface area contributed by atoms with Crippen molar-refractivity contribution in [2.75, 3.05) is 39.0 Å². The molecule has 3 rings (SSSR count). The maximum absolute atomic E-state index is 13.0. The topological polar surface area (TPSA) is 78.5 Å². The number of likely N-dealkylation sites (tertiary alicyclic amines) is 1. The summed E-state index contributed by atoms with van der Waals surface area (Å²) in [6.45, 7) is 5.61. The summed E-state index contributed by atoms with van der Waals surface area (Å²) in [6.07, 6.45) is 4.17. The first-order valence-electron chi connectivity index (χ1n) is 9.83. The highest BCUT2D eigenvalue weighted by Gasteiger charge is 2.48. The Morgan fingerprint density at radius 3 is 2.33 bits per heavy atom. The minimum Gasteiger partial charge on any atom is -0.353 e. The molecule has 0 saturated carbocycles. The molecule has 2 heterocycles. The van der Waals surface area contributed by atoms with E-state index in [0.717, 1.165) is 25.9 Å². The molecule has 0 aliphatic carbocycles. The maximum Gasteiger partial charge on any atom is 0.241 e. The second-order valence-electron chi connectivity index (χ2n) is 7.90. The van der Waals surface area contributed by atoms with Crippen molar-refractivity contribution in [3.8, 4) is 0 Å². The van der Waals surface area contributed by atoms with E-state index >= 15 is 0 Å². The first-order chi connectivity index (χ1) is 12.8. The summed E-state index contributed by atoms with van der Waals surface area (Å²) in [4.78, 5) is 15.4. The van der Waals surface area contributed by atoms with E-state index in [4.69, 9.17) is 0 Å². The Balaban J connectivity index is 1.77. The van der Waals surface area contributed by atoms with Crippen molar-refractivity contribution in [1.82, 2.24) is 15.5 Å². The number of carbonyl (C=O) groups is 1. The van der Waals surface area contributed by atoms with E-state index in [9.17, 15) is 13.2 Å². The van der Waals surface area contributed by atoms with E-state index in [2.05, 4.69) is 46.7 Å². The van der Waals surface area contributed by atoms with Gasteiger partial charge in [-0.1, -0.05) is 29.8 Å². The number of benzene rings is 1. The second kappa shape index (κ2) is 8.29. The van der Waals surface area contributed by atoms with Gasteiger partial charge >= 0.3 is 0 Å². The number of hydrogen-bond acceptors (Lipinski definition) is 5. The highest BCUT2D eigenvalue weighted by molar-refractivity contribution is 7.92. The molecule has 2 saturated heterocycles. The second-order valence-corrected chi connectivity index (χ2v) is 10.2. The van der Waals surface area contributed by atoms with E-state index in [1.807, 2.05) is 0 Å². The number of amides is 1. The SMILES string of the molecule is Cc1ccc(C(CNC(=O)C2(S(C)(=O)=O)CCNCC2)N2CCCC2)cc1. The average molecular weight is 394 g/mol. The number of aryl methyl sites for hydroxylation is 1. The zero-order valence-electron chi connectivity index (χ0n) is 16.3. The number of nitrogens with zero attached hydrogens (tertiary/aromatic N) is 1. The fraction of sp³-hybridized carbons (Fsp3) is 0.650. The molecule has 0 radical (unpaired) electrons. The molecule has 0 aromatic heterocycles. The largest absolute Gasteiger partial charge is 0.353 e. The summed E-state index contributed by atoms with van der Waals surface area (Å²) >= 11 is 0. The van der Waals surface area contributed by atoms with Crippen molar-refractivity contribution in [1.29, 1.82) is 0 Å². The van der Waals surface area contributed by atoms with Gasteiger partial charge in [0.05, 0.1) is 6.04 Å². The molecule has 1 aromatic rings. The molecule has 1 amide bonds. The average Bonchev–Trinajstić information content (AvgIpc) is 3.17. The van der Waals surface area contributed by atoms with Crippen molar-refractivity contribution in [3.63, 3.8) is 0 Å². The zero-order valence-corrected chi connectivity index (χ0v) is 17.1. The Morgan fingerprint density at radius 1 is 1.19 bits per heavy atom. The summed E-state index contributed by atoms with van der Waals surface area (Å²) in [5, 5.41) is 6.16. The molecule has 7 heteroatoms. The molecule has 6 nitrogen and oxygen atoms in total. The third-order valence-corrected chi connectivity index (χ3v) is 8.05. The van der Waals surface area contributed by atoms with Crippen LogP contribution in [0.3, 0.4) is 0 Å². The van der Waals surface area contributed by atoms with Crippen molar-refractivity contribution in [2.45, 2.75) is 43.4 Å². The normalized spacial score (nSPS) is 21.7. The maximum atomic E-state index is 13.0. The number of nitrogens with one attached hydrogen (secondary N) is 2. The van der Waals surface area contributed by atoms with E-state index in [0.29, 0.717) is 32.5 Å². The molecule has 1 unspecified atom stereocenters. The standard InChI is InChI=1S/C20H31N3O3S/c1-16-5-7-17(8-6-16)18(23-13-3-4-14-23)15-22-19(24)20(27(2,25)26)9-11-21-12-10-20/h5-8,18,21H,3-4,9-15H2,1-2H3,(H,22,24). The first kappa shape index (κ1) is 20.3. The van der Waals surface area contributed by atoms with Crippen molar-refractivity contribution in [2.24, 2.45) is 0 Å². The predicted molar refractivity (Wildman–Crippen MR) is 107 cm³/mol. The van der Waals surface area contributed by atoms with Crippen LogP contribution in [-0.4, -0.2) is 63.0 Å². The predicted octanol–water partition coefficient (Wildman–Crippen LogP) is 1.41. The van der Waals surface area contributed by atoms with Gasteiger partial charge in [0.1, 0.15) is 0 Å². The Morgan fingerprint density at radius 2 is 1.78 bits per heavy atom. The van der Waals surface area contributed by atoms with E-state index in [-0.39, 0.29) is 11.9 Å². The minimum absolute atomic E-state index is 0.0791. The van der Waals surface area contributed by atoms with Gasteiger partial charge in [-0.25, -0.2) is 8.42 Å². The lowest BCUT2D eigenvalue weighted by molar-refractivity contribution is -0.124. The third-order valence-electron chi connectivity index (χ3n) is 6.03. The van der Waals surface area contributed by atoms with Crippen LogP contribution >= 0.6 is 0 Å². The number of carbonyl (C=O) groups excluding carboxylic acids is 1. The summed E-state index contributed by atoms with van der Waals surface area (Å²) in [5.41, 5.74) is 2.37. The minimum atomic E-state index is -3.49. The zero-order chi connectivity index (χ0) is 19.5. The number of sulfone groups is 1. The van der Waals surface area contributed by atoms with E-state index in [1.165, 1.54) is 17.4 Å². The van der Waals surface area contributed by atoms with Crippen molar-refractivity contribution >= 4 is 15.7 Å². The molecular formula is C20H31N3O3S. The van der Waals surface area contributed by atoms with Gasteiger partial charge in [-0.2, -0.15) is 0 Å². The van der Waals surface area contributed by atoms with Gasteiger partial charge in [0.25, 0.3) is 0 Å². The molecule has 27 heavy (non-hydrogen) atoms. The van der Waals surface area contributed by atoms with Gasteiger partial charge in [-0.05, 0) is 64.3 Å². The lowest BCUT2D eigenvalue weighted by Crippen LogP contribution is -2.58. The molecule has 2 fully saturated rings. The van der Waals surface area contributed by atoms with Gasteiger partial charge in [0.2, 0.25) is 5.91 Å². The molecule has 2 aliphatic rings. The molecule has 2 N–H and O–H groups in total. The van der Waals surface area contributed by atoms with Gasteiger partial charge in [-0.3, -0.25) is 9.69 Å². The van der Waals surface area contributed by atoms with Gasteiger partial charge in [-0.15, -0.1) is 0 Å². The van der Waals surface area contributed by atoms with E-state index in [1.54, 1.807) is 0 Å². The lowest BCUT2D eigenvalue weighted by atomic mass is 9.95. The highest BCUT2D eigenvalue weighted by atomic mass is 32.2. The Bertz CT molecular complexity index is 749. The molecule has 0 spiro atoms. The van der Waals surface area contributed by atoms with Crippen LogP contribution in [0.5, 0.6) is 0 Å². The molecule has 150 valence electrons. The molecule has 1 aromatic carbocycles. The van der Waals surface area contributed by atoms with E-state index < -0.39 is 14.6 Å². The van der Waals surface area contributed by atoms with Crippen LogP contribution in [-0.2, 0) is 14.6 Å². The van der Waals surface area contributed by atoms with Crippen LogP contribution in [0.4, 0.5) is 0 Å². The Labute approximate surface area is 162 Å². The number of rotatable bonds is 6. The van der Waals surface area contributed by atoms with Crippen LogP contribution in [0.15, 0.2) is 24.3 Å².